The van der Waals surface area contributed by atoms with Crippen LogP contribution >= 0.6 is 0 Å². The van der Waals surface area contributed by atoms with Gasteiger partial charge in [-0.15, -0.1) is 0 Å². The maximum atomic E-state index is 12.0. The highest BCUT2D eigenvalue weighted by molar-refractivity contribution is 5.74. The van der Waals surface area contributed by atoms with E-state index in [4.69, 9.17) is 4.74 Å². The molecule has 0 bridgehead atoms. The third kappa shape index (κ3) is 0.742. The number of carbonyl (C=O) groups is 1. The third-order valence-corrected chi connectivity index (χ3v) is 7.41. The standard InChI is InChI=1S/C16H23NO3/c1-13(2,3)20-12(18)17-16-9-6-10(16)8-11(16)7(9)15(6,8)14(4,5)19/h6-11,19H,1-5H3,(H,17,18). The minimum atomic E-state index is -0.547. The van der Waals surface area contributed by atoms with Crippen molar-refractivity contribution in [3.05, 3.63) is 0 Å². The molecule has 0 heterocycles. The van der Waals surface area contributed by atoms with Gasteiger partial charge in [-0.25, -0.2) is 4.79 Å². The summed E-state index contributed by atoms with van der Waals surface area (Å²) in [5.74, 6) is 3.87. The highest BCUT2D eigenvalue weighted by Gasteiger charge is 3.11. The van der Waals surface area contributed by atoms with Crippen LogP contribution in [0, 0.1) is 40.9 Å². The normalized spacial score (nSPS) is 59.1. The minimum absolute atomic E-state index is 0.0648. The first kappa shape index (κ1) is 11.8. The van der Waals surface area contributed by atoms with E-state index in [1.807, 2.05) is 34.6 Å². The Bertz CT molecular complexity index is 500. The lowest BCUT2D eigenvalue weighted by atomic mass is 8.93. The van der Waals surface area contributed by atoms with Crippen LogP contribution < -0.4 is 5.32 Å². The van der Waals surface area contributed by atoms with Crippen LogP contribution in [0.25, 0.3) is 0 Å². The number of hydrogen-bond acceptors (Lipinski definition) is 3. The zero-order valence-electron chi connectivity index (χ0n) is 12.7. The fourth-order valence-electron chi connectivity index (χ4n) is 7.48. The van der Waals surface area contributed by atoms with Gasteiger partial charge in [0.15, 0.2) is 0 Å². The van der Waals surface area contributed by atoms with E-state index in [9.17, 15) is 9.90 Å². The molecule has 0 saturated heterocycles. The van der Waals surface area contributed by atoms with Crippen molar-refractivity contribution in [3.8, 4) is 0 Å². The molecule has 1 amide bonds. The zero-order chi connectivity index (χ0) is 14.5. The van der Waals surface area contributed by atoms with Crippen molar-refractivity contribution in [1.29, 1.82) is 0 Å². The summed E-state index contributed by atoms with van der Waals surface area (Å²) in [6, 6.07) is 0. The number of rotatable bonds is 2. The molecule has 0 aromatic carbocycles. The fraction of sp³-hybridized carbons (Fsp3) is 0.938. The quantitative estimate of drug-likeness (QED) is 0.809. The Morgan fingerprint density at radius 2 is 1.45 bits per heavy atom. The minimum Gasteiger partial charge on any atom is -0.444 e. The molecule has 0 aromatic rings. The SMILES string of the molecule is CC(C)(C)OC(=O)NC12C3C4C1C1C2C3C41C(C)(C)O. The van der Waals surface area contributed by atoms with E-state index in [0.717, 1.165) is 0 Å². The second-order valence-corrected chi connectivity index (χ2v) is 9.21. The highest BCUT2D eigenvalue weighted by atomic mass is 16.6. The number of amides is 1. The van der Waals surface area contributed by atoms with Crippen molar-refractivity contribution in [2.45, 2.75) is 51.4 Å². The molecule has 6 fully saturated rings. The van der Waals surface area contributed by atoms with Crippen LogP contribution in [0.3, 0.4) is 0 Å². The van der Waals surface area contributed by atoms with Crippen molar-refractivity contribution >= 4 is 6.09 Å². The van der Waals surface area contributed by atoms with Crippen molar-refractivity contribution in [3.63, 3.8) is 0 Å². The second kappa shape index (κ2) is 2.53. The maximum absolute atomic E-state index is 12.0. The Labute approximate surface area is 119 Å². The molecule has 20 heavy (non-hydrogen) atoms. The lowest BCUT2D eigenvalue weighted by Gasteiger charge is -3.12. The van der Waals surface area contributed by atoms with Crippen LogP contribution in [0.4, 0.5) is 4.79 Å². The Kier molecular flexibility index (Phi) is 1.50. The molecule has 0 atom stereocenters. The summed E-state index contributed by atoms with van der Waals surface area (Å²) >= 11 is 0. The van der Waals surface area contributed by atoms with E-state index in [1.54, 1.807) is 0 Å². The first-order valence-electron chi connectivity index (χ1n) is 7.82. The molecule has 2 N–H and O–H groups in total. The predicted octanol–water partition coefficient (Wildman–Crippen LogP) is 1.77. The summed E-state index contributed by atoms with van der Waals surface area (Å²) < 4.78 is 5.41. The van der Waals surface area contributed by atoms with Crippen LogP contribution in [0.15, 0.2) is 0 Å². The van der Waals surface area contributed by atoms with Crippen LogP contribution in [0.2, 0.25) is 0 Å². The molecular weight excluding hydrogens is 254 g/mol. The van der Waals surface area contributed by atoms with E-state index in [0.29, 0.717) is 35.5 Å². The molecule has 6 saturated carbocycles. The van der Waals surface area contributed by atoms with Gasteiger partial charge in [-0.05, 0) is 70.1 Å². The molecule has 4 heteroatoms. The van der Waals surface area contributed by atoms with Gasteiger partial charge in [-0.2, -0.15) is 0 Å². The Morgan fingerprint density at radius 3 is 1.80 bits per heavy atom. The smallest absolute Gasteiger partial charge is 0.408 e. The van der Waals surface area contributed by atoms with E-state index < -0.39 is 11.2 Å². The zero-order valence-corrected chi connectivity index (χ0v) is 12.7. The molecule has 0 radical (unpaired) electrons. The monoisotopic (exact) mass is 277 g/mol. The summed E-state index contributed by atoms with van der Waals surface area (Å²) in [5, 5.41) is 13.7. The first-order valence-corrected chi connectivity index (χ1v) is 7.82. The molecular formula is C16H23NO3. The van der Waals surface area contributed by atoms with Gasteiger partial charge >= 0.3 is 6.09 Å². The average Bonchev–Trinajstić information content (AvgIpc) is 2.24. The van der Waals surface area contributed by atoms with Gasteiger partial charge in [0.25, 0.3) is 0 Å². The van der Waals surface area contributed by atoms with Crippen molar-refractivity contribution in [2.75, 3.05) is 0 Å². The highest BCUT2D eigenvalue weighted by Crippen LogP contribution is 3.08. The van der Waals surface area contributed by atoms with E-state index in [2.05, 4.69) is 5.32 Å². The van der Waals surface area contributed by atoms with Crippen LogP contribution in [-0.2, 0) is 4.74 Å². The number of hydrogen-bond donors (Lipinski definition) is 2. The predicted molar refractivity (Wildman–Crippen MR) is 71.8 cm³/mol. The van der Waals surface area contributed by atoms with Gasteiger partial charge in [-0.3, -0.25) is 0 Å². The van der Waals surface area contributed by atoms with Crippen molar-refractivity contribution in [2.24, 2.45) is 40.9 Å². The summed E-state index contributed by atoms with van der Waals surface area (Å²) in [6.07, 6.45) is -0.259. The van der Waals surface area contributed by atoms with Crippen LogP contribution in [0.1, 0.15) is 34.6 Å². The Balaban J connectivity index is 1.34. The van der Waals surface area contributed by atoms with Gasteiger partial charge in [0, 0.05) is 5.41 Å². The lowest BCUT2D eigenvalue weighted by Crippen LogP contribution is -3.17. The topological polar surface area (TPSA) is 58.6 Å². The summed E-state index contributed by atoms with van der Waals surface area (Å²) in [5.41, 5.74) is -0.702. The van der Waals surface area contributed by atoms with E-state index in [1.165, 1.54) is 0 Å². The molecule has 4 nitrogen and oxygen atoms in total. The van der Waals surface area contributed by atoms with Crippen molar-refractivity contribution in [1.82, 2.24) is 5.32 Å². The van der Waals surface area contributed by atoms with Gasteiger partial charge in [0.2, 0.25) is 0 Å². The first-order chi connectivity index (χ1) is 9.08. The summed E-state index contributed by atoms with van der Waals surface area (Å²) in [7, 11) is 0. The Morgan fingerprint density at radius 1 is 1.00 bits per heavy atom. The molecule has 6 aliphatic rings. The molecule has 0 aliphatic heterocycles. The van der Waals surface area contributed by atoms with Crippen molar-refractivity contribution < 1.29 is 14.6 Å². The number of aliphatic hydroxyl groups is 1. The Hall–Kier alpha value is -0.770. The molecule has 0 aromatic heterocycles. The number of alkyl carbamates (subject to hydrolysis) is 1. The number of carbonyl (C=O) groups excluding carboxylic acids is 1. The number of ether oxygens (including phenoxy) is 1. The molecule has 6 aliphatic carbocycles. The largest absolute Gasteiger partial charge is 0.444 e. The van der Waals surface area contributed by atoms with E-state index in [-0.39, 0.29) is 17.0 Å². The third-order valence-electron chi connectivity index (χ3n) is 7.41. The van der Waals surface area contributed by atoms with Gasteiger partial charge in [0.05, 0.1) is 11.1 Å². The van der Waals surface area contributed by atoms with Gasteiger partial charge < -0.3 is 15.2 Å². The maximum Gasteiger partial charge on any atom is 0.408 e. The molecule has 110 valence electrons. The van der Waals surface area contributed by atoms with Gasteiger partial charge in [0.1, 0.15) is 5.60 Å². The van der Waals surface area contributed by atoms with Gasteiger partial charge in [-0.1, -0.05) is 0 Å². The van der Waals surface area contributed by atoms with Crippen LogP contribution in [0.5, 0.6) is 0 Å². The summed E-state index contributed by atoms with van der Waals surface area (Å²) in [4.78, 5) is 12.0. The van der Waals surface area contributed by atoms with E-state index >= 15 is 0 Å². The fourth-order valence-corrected chi connectivity index (χ4v) is 7.48. The molecule has 6 rings (SSSR count). The number of nitrogens with one attached hydrogen (secondary N) is 1. The average molecular weight is 277 g/mol. The molecule has 0 spiro atoms. The molecule has 0 unspecified atom stereocenters. The second-order valence-electron chi connectivity index (χ2n) is 9.21. The lowest BCUT2D eigenvalue weighted by molar-refractivity contribution is -0.645. The van der Waals surface area contributed by atoms with Crippen LogP contribution in [-0.4, -0.2) is 27.9 Å². The summed E-state index contributed by atoms with van der Waals surface area (Å²) in [6.45, 7) is 9.64.